The van der Waals surface area contributed by atoms with Gasteiger partial charge in [0.05, 0.1) is 16.7 Å². The Morgan fingerprint density at radius 3 is 2.37 bits per heavy atom. The number of ether oxygens (including phenoxy) is 1. The third kappa shape index (κ3) is 7.54. The first-order chi connectivity index (χ1) is 14.3. The Bertz CT molecular complexity index is 844. The van der Waals surface area contributed by atoms with Crippen LogP contribution in [0.3, 0.4) is 0 Å². The Balaban J connectivity index is 2.03. The van der Waals surface area contributed by atoms with Gasteiger partial charge in [-0.05, 0) is 57.0 Å². The van der Waals surface area contributed by atoms with Crippen molar-refractivity contribution >= 4 is 35.0 Å². The molecular formula is C23H28Cl2N2O3. The molecule has 0 spiro atoms. The summed E-state index contributed by atoms with van der Waals surface area (Å²) in [5.74, 6) is 0.449. The summed E-state index contributed by atoms with van der Waals surface area (Å²) >= 11 is 12.1. The van der Waals surface area contributed by atoms with Crippen molar-refractivity contribution < 1.29 is 14.3 Å². The zero-order valence-corrected chi connectivity index (χ0v) is 19.0. The highest BCUT2D eigenvalue weighted by Gasteiger charge is 2.26. The number of benzene rings is 2. The highest BCUT2D eigenvalue weighted by Crippen LogP contribution is 2.24. The second-order valence-corrected chi connectivity index (χ2v) is 8.19. The fourth-order valence-corrected chi connectivity index (χ4v) is 3.22. The van der Waals surface area contributed by atoms with E-state index in [-0.39, 0.29) is 30.8 Å². The second kappa shape index (κ2) is 11.8. The van der Waals surface area contributed by atoms with Crippen LogP contribution in [0.5, 0.6) is 5.75 Å². The van der Waals surface area contributed by atoms with Gasteiger partial charge in [0.2, 0.25) is 11.8 Å². The van der Waals surface area contributed by atoms with E-state index in [0.29, 0.717) is 23.1 Å². The zero-order chi connectivity index (χ0) is 22.1. The Kier molecular flexibility index (Phi) is 9.47. The van der Waals surface area contributed by atoms with E-state index >= 15 is 0 Å². The number of amides is 2. The number of para-hydroxylation sites is 1. The van der Waals surface area contributed by atoms with E-state index in [2.05, 4.69) is 5.32 Å². The van der Waals surface area contributed by atoms with Gasteiger partial charge in [-0.2, -0.15) is 0 Å². The molecule has 0 fully saturated rings. The number of halogens is 2. The summed E-state index contributed by atoms with van der Waals surface area (Å²) in [6.45, 7) is 6.19. The summed E-state index contributed by atoms with van der Waals surface area (Å²) in [6, 6.07) is 14.0. The van der Waals surface area contributed by atoms with Crippen LogP contribution in [0.15, 0.2) is 48.5 Å². The van der Waals surface area contributed by atoms with Crippen LogP contribution < -0.4 is 10.1 Å². The van der Waals surface area contributed by atoms with Crippen LogP contribution in [0.25, 0.3) is 0 Å². The van der Waals surface area contributed by atoms with Crippen molar-refractivity contribution in [3.05, 3.63) is 64.1 Å². The molecule has 0 heterocycles. The molecule has 5 nitrogen and oxygen atoms in total. The minimum absolute atomic E-state index is 0.0128. The van der Waals surface area contributed by atoms with Gasteiger partial charge in [0.25, 0.3) is 0 Å². The fraction of sp³-hybridized carbons (Fsp3) is 0.391. The molecule has 0 bridgehead atoms. The molecule has 0 saturated heterocycles. The third-order valence-corrected chi connectivity index (χ3v) is 5.22. The van der Waals surface area contributed by atoms with Gasteiger partial charge in [-0.25, -0.2) is 0 Å². The van der Waals surface area contributed by atoms with Crippen LogP contribution in [0.4, 0.5) is 0 Å². The molecule has 0 aliphatic heterocycles. The van der Waals surface area contributed by atoms with Crippen LogP contribution in [-0.2, 0) is 16.1 Å². The molecule has 0 unspecified atom stereocenters. The quantitative estimate of drug-likeness (QED) is 0.512. The van der Waals surface area contributed by atoms with E-state index < -0.39 is 6.04 Å². The largest absolute Gasteiger partial charge is 0.494 e. The van der Waals surface area contributed by atoms with E-state index in [1.807, 2.05) is 44.2 Å². The Hall–Kier alpha value is -2.24. The number of carbonyl (C=O) groups is 2. The summed E-state index contributed by atoms with van der Waals surface area (Å²) in [6.07, 6.45) is 0.817. The van der Waals surface area contributed by atoms with Crippen molar-refractivity contribution in [3.63, 3.8) is 0 Å². The topological polar surface area (TPSA) is 58.6 Å². The first-order valence-corrected chi connectivity index (χ1v) is 10.7. The van der Waals surface area contributed by atoms with Crippen molar-refractivity contribution in [1.29, 1.82) is 0 Å². The van der Waals surface area contributed by atoms with Crippen LogP contribution in [0, 0.1) is 0 Å². The maximum atomic E-state index is 13.0. The van der Waals surface area contributed by atoms with E-state index in [9.17, 15) is 9.59 Å². The maximum absolute atomic E-state index is 13.0. The summed E-state index contributed by atoms with van der Waals surface area (Å²) in [7, 11) is 0. The van der Waals surface area contributed by atoms with Crippen LogP contribution in [0.1, 0.15) is 39.2 Å². The summed E-state index contributed by atoms with van der Waals surface area (Å²) in [5.41, 5.74) is 0.808. The van der Waals surface area contributed by atoms with Crippen molar-refractivity contribution in [2.24, 2.45) is 0 Å². The van der Waals surface area contributed by atoms with Gasteiger partial charge in [0.15, 0.2) is 0 Å². The van der Waals surface area contributed by atoms with Crippen LogP contribution in [-0.4, -0.2) is 35.4 Å². The Morgan fingerprint density at radius 2 is 1.73 bits per heavy atom. The number of hydrogen-bond acceptors (Lipinski definition) is 3. The predicted molar refractivity (Wildman–Crippen MR) is 121 cm³/mol. The normalized spacial score (nSPS) is 11.8. The number of carbonyl (C=O) groups excluding carboxylic acids is 2. The van der Waals surface area contributed by atoms with Crippen molar-refractivity contribution in [2.45, 2.75) is 52.2 Å². The maximum Gasteiger partial charge on any atom is 0.242 e. The van der Waals surface area contributed by atoms with Gasteiger partial charge in [0.1, 0.15) is 11.8 Å². The minimum atomic E-state index is -0.621. The van der Waals surface area contributed by atoms with E-state index in [1.165, 1.54) is 0 Å². The van der Waals surface area contributed by atoms with Crippen molar-refractivity contribution in [1.82, 2.24) is 10.2 Å². The lowest BCUT2D eigenvalue weighted by molar-refractivity contribution is -0.141. The number of rotatable bonds is 10. The molecule has 0 aliphatic carbocycles. The molecule has 0 saturated carbocycles. The van der Waals surface area contributed by atoms with E-state index in [0.717, 1.165) is 11.3 Å². The van der Waals surface area contributed by atoms with Gasteiger partial charge in [-0.15, -0.1) is 0 Å². The number of nitrogens with one attached hydrogen (secondary N) is 1. The van der Waals surface area contributed by atoms with Crippen LogP contribution >= 0.6 is 23.2 Å². The summed E-state index contributed by atoms with van der Waals surface area (Å²) in [5, 5.41) is 3.73. The molecule has 1 atom stereocenters. The Morgan fingerprint density at radius 1 is 1.03 bits per heavy atom. The number of nitrogens with zero attached hydrogens (tertiary/aromatic N) is 1. The molecule has 0 radical (unpaired) electrons. The molecule has 0 aromatic heterocycles. The highest BCUT2D eigenvalue weighted by molar-refractivity contribution is 6.42. The van der Waals surface area contributed by atoms with Gasteiger partial charge in [-0.3, -0.25) is 9.59 Å². The van der Waals surface area contributed by atoms with Gasteiger partial charge >= 0.3 is 0 Å². The first-order valence-electron chi connectivity index (χ1n) is 9.99. The molecule has 2 aromatic rings. The molecule has 7 heteroatoms. The standard InChI is InChI=1S/C23H28Cl2N2O3/c1-16(2)26-23(29)17(3)27(15-18-11-12-20(24)21(25)14-18)22(28)10-7-13-30-19-8-5-4-6-9-19/h4-6,8-9,11-12,14,16-17H,7,10,13,15H2,1-3H3,(H,26,29)/t17-/m1/s1. The van der Waals surface area contributed by atoms with Crippen molar-refractivity contribution in [3.8, 4) is 5.75 Å². The van der Waals surface area contributed by atoms with Crippen LogP contribution in [0.2, 0.25) is 10.0 Å². The molecule has 1 N–H and O–H groups in total. The average molecular weight is 451 g/mol. The highest BCUT2D eigenvalue weighted by atomic mass is 35.5. The van der Waals surface area contributed by atoms with Crippen molar-refractivity contribution in [2.75, 3.05) is 6.61 Å². The number of hydrogen-bond donors (Lipinski definition) is 1. The van der Waals surface area contributed by atoms with Gasteiger partial charge in [0, 0.05) is 19.0 Å². The molecule has 0 aliphatic rings. The SMILES string of the molecule is CC(C)NC(=O)[C@@H](C)N(Cc1ccc(Cl)c(Cl)c1)C(=O)CCCOc1ccccc1. The average Bonchev–Trinajstić information content (AvgIpc) is 2.71. The lowest BCUT2D eigenvalue weighted by atomic mass is 10.1. The van der Waals surface area contributed by atoms with E-state index in [4.69, 9.17) is 27.9 Å². The molecule has 2 amide bonds. The molecule has 162 valence electrons. The predicted octanol–water partition coefficient (Wildman–Crippen LogP) is 5.09. The van der Waals surface area contributed by atoms with Gasteiger partial charge in [-0.1, -0.05) is 47.5 Å². The van der Waals surface area contributed by atoms with Gasteiger partial charge < -0.3 is 15.0 Å². The third-order valence-electron chi connectivity index (χ3n) is 4.48. The Labute approximate surface area is 188 Å². The molecular weight excluding hydrogens is 423 g/mol. The lowest BCUT2D eigenvalue weighted by Gasteiger charge is -2.29. The second-order valence-electron chi connectivity index (χ2n) is 7.37. The smallest absolute Gasteiger partial charge is 0.242 e. The summed E-state index contributed by atoms with van der Waals surface area (Å²) < 4.78 is 5.66. The zero-order valence-electron chi connectivity index (χ0n) is 17.5. The molecule has 30 heavy (non-hydrogen) atoms. The molecule has 2 rings (SSSR count). The molecule has 2 aromatic carbocycles. The minimum Gasteiger partial charge on any atom is -0.494 e. The lowest BCUT2D eigenvalue weighted by Crippen LogP contribution is -2.49. The monoisotopic (exact) mass is 450 g/mol. The fourth-order valence-electron chi connectivity index (χ4n) is 2.90. The van der Waals surface area contributed by atoms with E-state index in [1.54, 1.807) is 30.0 Å². The summed E-state index contributed by atoms with van der Waals surface area (Å²) in [4.78, 5) is 27.1. The first kappa shape index (κ1) is 24.0.